The van der Waals surface area contributed by atoms with Crippen LogP contribution in [-0.4, -0.2) is 49.9 Å². The number of hydrogen-bond donors (Lipinski definition) is 2. The van der Waals surface area contributed by atoms with Crippen LogP contribution in [0.5, 0.6) is 0 Å². The van der Waals surface area contributed by atoms with Crippen molar-refractivity contribution in [3.8, 4) is 0 Å². The molecule has 0 aromatic heterocycles. The van der Waals surface area contributed by atoms with Gasteiger partial charge in [-0.05, 0) is 63.2 Å². The number of rotatable bonds is 5. The van der Waals surface area contributed by atoms with E-state index in [9.17, 15) is 9.59 Å². The van der Waals surface area contributed by atoms with Gasteiger partial charge in [0.25, 0.3) is 0 Å². The van der Waals surface area contributed by atoms with E-state index in [1.165, 1.54) is 0 Å². The number of carbonyl (C=O) groups excluding carboxylic acids is 2. The minimum Gasteiger partial charge on any atom is -0.369 e. The normalized spacial score (nSPS) is 18.2. The van der Waals surface area contributed by atoms with Crippen LogP contribution in [-0.2, 0) is 9.59 Å². The number of amides is 2. The van der Waals surface area contributed by atoms with Crippen LogP contribution in [0.1, 0.15) is 18.4 Å². The van der Waals surface area contributed by atoms with Gasteiger partial charge >= 0.3 is 0 Å². The maximum atomic E-state index is 12.8. The topological polar surface area (TPSA) is 64.7 Å². The van der Waals surface area contributed by atoms with E-state index in [-0.39, 0.29) is 11.8 Å². The van der Waals surface area contributed by atoms with Crippen molar-refractivity contribution in [3.63, 3.8) is 0 Å². The van der Waals surface area contributed by atoms with Crippen LogP contribution in [0.2, 0.25) is 0 Å². The molecular formula is C23H28N4O2. The van der Waals surface area contributed by atoms with Crippen molar-refractivity contribution in [1.29, 1.82) is 0 Å². The van der Waals surface area contributed by atoms with E-state index in [1.807, 2.05) is 55.5 Å². The molecule has 0 spiro atoms. The van der Waals surface area contributed by atoms with Crippen LogP contribution >= 0.6 is 0 Å². The largest absolute Gasteiger partial charge is 0.369 e. The standard InChI is InChI=1S/C23H28N4O2/c1-17-3-5-18(6-4-17)24-21(28)23(11-12-23)22(29)25-19-7-9-20(10-8-19)27-15-13-26(2)14-16-27/h3-10H,11-16H2,1-2H3,(H,24,28)(H,25,29). The van der Waals surface area contributed by atoms with E-state index in [0.29, 0.717) is 12.8 Å². The molecule has 6 heteroatoms. The number of hydrogen-bond acceptors (Lipinski definition) is 4. The SMILES string of the molecule is Cc1ccc(NC(=O)C2(C(=O)Nc3ccc(N4CCN(C)CC4)cc3)CC2)cc1. The monoisotopic (exact) mass is 392 g/mol. The zero-order valence-corrected chi connectivity index (χ0v) is 17.1. The number of anilines is 3. The lowest BCUT2D eigenvalue weighted by Gasteiger charge is -2.34. The molecule has 2 aromatic carbocycles. The molecule has 2 aromatic rings. The van der Waals surface area contributed by atoms with Crippen molar-refractivity contribution >= 4 is 28.9 Å². The Kier molecular flexibility index (Phi) is 5.28. The lowest BCUT2D eigenvalue weighted by Crippen LogP contribution is -2.44. The number of nitrogens with zero attached hydrogens (tertiary/aromatic N) is 2. The van der Waals surface area contributed by atoms with Crippen LogP contribution in [0.25, 0.3) is 0 Å². The molecule has 2 amide bonds. The number of carbonyl (C=O) groups is 2. The van der Waals surface area contributed by atoms with E-state index in [2.05, 4.69) is 27.5 Å². The Labute approximate surface area is 171 Å². The highest BCUT2D eigenvalue weighted by atomic mass is 16.2. The summed E-state index contributed by atoms with van der Waals surface area (Å²) in [7, 11) is 2.14. The van der Waals surface area contributed by atoms with Crippen molar-refractivity contribution in [2.45, 2.75) is 19.8 Å². The Balaban J connectivity index is 1.37. The lowest BCUT2D eigenvalue weighted by atomic mass is 10.0. The molecule has 0 bridgehead atoms. The summed E-state index contributed by atoms with van der Waals surface area (Å²) in [6.07, 6.45) is 1.16. The fourth-order valence-corrected chi connectivity index (χ4v) is 3.64. The van der Waals surface area contributed by atoms with Crippen molar-refractivity contribution in [2.75, 3.05) is 48.8 Å². The third-order valence-electron chi connectivity index (χ3n) is 5.92. The van der Waals surface area contributed by atoms with Gasteiger partial charge in [0.15, 0.2) is 0 Å². The maximum absolute atomic E-state index is 12.8. The Bertz CT molecular complexity index is 880. The minimum absolute atomic E-state index is 0.227. The molecule has 1 aliphatic heterocycles. The molecule has 29 heavy (non-hydrogen) atoms. The Morgan fingerprint density at radius 1 is 0.793 bits per heavy atom. The molecule has 152 valence electrons. The first-order chi connectivity index (χ1) is 14.0. The van der Waals surface area contributed by atoms with Crippen molar-refractivity contribution in [1.82, 2.24) is 4.90 Å². The summed E-state index contributed by atoms with van der Waals surface area (Å²) in [6.45, 7) is 6.11. The third kappa shape index (κ3) is 4.27. The van der Waals surface area contributed by atoms with E-state index < -0.39 is 5.41 Å². The number of benzene rings is 2. The molecule has 6 nitrogen and oxygen atoms in total. The van der Waals surface area contributed by atoms with Gasteiger partial charge in [-0.3, -0.25) is 9.59 Å². The maximum Gasteiger partial charge on any atom is 0.240 e. The number of aryl methyl sites for hydroxylation is 1. The zero-order valence-electron chi connectivity index (χ0n) is 17.1. The minimum atomic E-state index is -0.957. The summed E-state index contributed by atoms with van der Waals surface area (Å²) in [6, 6.07) is 15.5. The van der Waals surface area contributed by atoms with Gasteiger partial charge in [-0.2, -0.15) is 0 Å². The summed E-state index contributed by atoms with van der Waals surface area (Å²) < 4.78 is 0. The van der Waals surface area contributed by atoms with Crippen LogP contribution in [0.4, 0.5) is 17.1 Å². The summed E-state index contributed by atoms with van der Waals surface area (Å²) in [5.41, 5.74) is 2.77. The lowest BCUT2D eigenvalue weighted by molar-refractivity contribution is -0.131. The second-order valence-corrected chi connectivity index (χ2v) is 8.19. The predicted octanol–water partition coefficient (Wildman–Crippen LogP) is 3.10. The van der Waals surface area contributed by atoms with Crippen molar-refractivity contribution in [2.24, 2.45) is 5.41 Å². The molecule has 2 N–H and O–H groups in total. The zero-order chi connectivity index (χ0) is 20.4. The Morgan fingerprint density at radius 3 is 1.76 bits per heavy atom. The van der Waals surface area contributed by atoms with Crippen LogP contribution in [0.3, 0.4) is 0 Å². The number of likely N-dealkylation sites (N-methyl/N-ethyl adjacent to an activating group) is 1. The van der Waals surface area contributed by atoms with E-state index in [0.717, 1.165) is 48.8 Å². The second-order valence-electron chi connectivity index (χ2n) is 8.19. The fraction of sp³-hybridized carbons (Fsp3) is 0.391. The summed E-state index contributed by atoms with van der Waals surface area (Å²) in [4.78, 5) is 30.2. The van der Waals surface area contributed by atoms with E-state index in [4.69, 9.17) is 0 Å². The molecule has 1 saturated heterocycles. The first-order valence-corrected chi connectivity index (χ1v) is 10.2. The highest BCUT2D eigenvalue weighted by Gasteiger charge is 2.56. The predicted molar refractivity (Wildman–Crippen MR) is 116 cm³/mol. The van der Waals surface area contributed by atoms with Gasteiger partial charge in [0.05, 0.1) is 0 Å². The van der Waals surface area contributed by atoms with Gasteiger partial charge in [-0.25, -0.2) is 0 Å². The van der Waals surface area contributed by atoms with Gasteiger partial charge in [0.1, 0.15) is 5.41 Å². The molecule has 4 rings (SSSR count). The first kappa shape index (κ1) is 19.5. The summed E-state index contributed by atoms with van der Waals surface area (Å²) in [5, 5.41) is 5.82. The molecule has 1 heterocycles. The summed E-state index contributed by atoms with van der Waals surface area (Å²) >= 11 is 0. The number of nitrogens with one attached hydrogen (secondary N) is 2. The Morgan fingerprint density at radius 2 is 1.28 bits per heavy atom. The summed E-state index contributed by atoms with van der Waals surface area (Å²) in [5.74, 6) is -0.456. The first-order valence-electron chi connectivity index (χ1n) is 10.2. The molecule has 0 unspecified atom stereocenters. The molecule has 1 saturated carbocycles. The quantitative estimate of drug-likeness (QED) is 0.768. The van der Waals surface area contributed by atoms with Gasteiger partial charge < -0.3 is 20.4 Å². The molecule has 2 fully saturated rings. The van der Waals surface area contributed by atoms with Gasteiger partial charge in [0.2, 0.25) is 11.8 Å². The van der Waals surface area contributed by atoms with E-state index >= 15 is 0 Å². The van der Waals surface area contributed by atoms with Crippen molar-refractivity contribution in [3.05, 3.63) is 54.1 Å². The van der Waals surface area contributed by atoms with Gasteiger partial charge in [-0.1, -0.05) is 17.7 Å². The third-order valence-corrected chi connectivity index (χ3v) is 5.92. The van der Waals surface area contributed by atoms with E-state index in [1.54, 1.807) is 0 Å². The smallest absolute Gasteiger partial charge is 0.240 e. The van der Waals surface area contributed by atoms with Crippen LogP contribution in [0.15, 0.2) is 48.5 Å². The second kappa shape index (κ2) is 7.87. The number of piperazine rings is 1. The molecule has 0 radical (unpaired) electrons. The fourth-order valence-electron chi connectivity index (χ4n) is 3.64. The highest BCUT2D eigenvalue weighted by molar-refractivity contribution is 6.16. The van der Waals surface area contributed by atoms with Crippen LogP contribution in [0, 0.1) is 12.3 Å². The molecule has 2 aliphatic rings. The molecule has 0 atom stereocenters. The van der Waals surface area contributed by atoms with Crippen molar-refractivity contribution < 1.29 is 9.59 Å². The van der Waals surface area contributed by atoms with Gasteiger partial charge in [0, 0.05) is 43.2 Å². The average Bonchev–Trinajstić information content (AvgIpc) is 3.53. The Hall–Kier alpha value is -2.86. The highest BCUT2D eigenvalue weighted by Crippen LogP contribution is 2.47. The average molecular weight is 393 g/mol. The van der Waals surface area contributed by atoms with Crippen LogP contribution < -0.4 is 15.5 Å². The molecule has 1 aliphatic carbocycles. The van der Waals surface area contributed by atoms with Gasteiger partial charge in [-0.15, -0.1) is 0 Å². The molecular weight excluding hydrogens is 364 g/mol.